The molecule has 0 aliphatic rings. The zero-order valence-electron chi connectivity index (χ0n) is 9.74. The highest BCUT2D eigenvalue weighted by atomic mass is 79.9. The van der Waals surface area contributed by atoms with Gasteiger partial charge in [-0.3, -0.25) is 4.79 Å². The highest BCUT2D eigenvalue weighted by Gasteiger charge is 2.15. The smallest absolute Gasteiger partial charge is 0.272 e. The summed E-state index contributed by atoms with van der Waals surface area (Å²) in [5, 5.41) is 0. The van der Waals surface area contributed by atoms with E-state index in [1.807, 2.05) is 17.0 Å². The predicted molar refractivity (Wildman–Crippen MR) is 68.4 cm³/mol. The molecule has 0 N–H and O–H groups in total. The molecule has 0 atom stereocenters. The van der Waals surface area contributed by atoms with Crippen LogP contribution in [0, 0.1) is 0 Å². The number of hydrogen-bond donors (Lipinski definition) is 0. The van der Waals surface area contributed by atoms with Gasteiger partial charge in [-0.1, -0.05) is 19.9 Å². The summed E-state index contributed by atoms with van der Waals surface area (Å²) in [6.07, 6.45) is 1.94. The molecule has 1 heterocycles. The van der Waals surface area contributed by atoms with Crippen molar-refractivity contribution >= 4 is 21.8 Å². The first-order chi connectivity index (χ1) is 7.69. The van der Waals surface area contributed by atoms with Gasteiger partial charge in [0.25, 0.3) is 5.91 Å². The van der Waals surface area contributed by atoms with E-state index >= 15 is 0 Å². The maximum atomic E-state index is 12.1. The first-order valence-corrected chi connectivity index (χ1v) is 6.40. The zero-order valence-corrected chi connectivity index (χ0v) is 11.3. The summed E-state index contributed by atoms with van der Waals surface area (Å²) in [4.78, 5) is 18.2. The molecule has 3 nitrogen and oxygen atoms in total. The third kappa shape index (κ3) is 3.59. The van der Waals surface area contributed by atoms with Crippen LogP contribution in [0.15, 0.2) is 22.8 Å². The van der Waals surface area contributed by atoms with Gasteiger partial charge in [-0.2, -0.15) is 0 Å². The van der Waals surface area contributed by atoms with Crippen LogP contribution >= 0.6 is 15.9 Å². The quantitative estimate of drug-likeness (QED) is 0.779. The molecule has 4 heteroatoms. The maximum absolute atomic E-state index is 12.1. The molecule has 16 heavy (non-hydrogen) atoms. The van der Waals surface area contributed by atoms with E-state index < -0.39 is 0 Å². The number of hydrogen-bond acceptors (Lipinski definition) is 2. The van der Waals surface area contributed by atoms with Gasteiger partial charge >= 0.3 is 0 Å². The Bertz CT molecular complexity index is 349. The van der Waals surface area contributed by atoms with Crippen LogP contribution in [-0.2, 0) is 0 Å². The summed E-state index contributed by atoms with van der Waals surface area (Å²) in [5.41, 5.74) is 0.510. The molecule has 0 aliphatic carbocycles. The third-order valence-corrected chi connectivity index (χ3v) is 2.65. The lowest BCUT2D eigenvalue weighted by Crippen LogP contribution is -2.33. The van der Waals surface area contributed by atoms with Gasteiger partial charge in [-0.05, 0) is 40.9 Å². The Hall–Kier alpha value is -0.900. The summed E-state index contributed by atoms with van der Waals surface area (Å²) >= 11 is 3.28. The summed E-state index contributed by atoms with van der Waals surface area (Å²) in [7, 11) is 0. The van der Waals surface area contributed by atoms with Gasteiger partial charge in [0, 0.05) is 13.1 Å². The summed E-state index contributed by atoms with van der Waals surface area (Å²) in [5.74, 6) is 0.0185. The Morgan fingerprint density at radius 1 is 1.31 bits per heavy atom. The molecule has 1 aromatic rings. The van der Waals surface area contributed by atoms with Crippen LogP contribution in [-0.4, -0.2) is 28.9 Å². The summed E-state index contributed by atoms with van der Waals surface area (Å²) in [6.45, 7) is 5.73. The molecular weight excluding hydrogens is 268 g/mol. The minimum atomic E-state index is 0.0185. The molecule has 88 valence electrons. The van der Waals surface area contributed by atoms with Crippen LogP contribution < -0.4 is 0 Å². The molecule has 0 radical (unpaired) electrons. The molecule has 1 aromatic heterocycles. The van der Waals surface area contributed by atoms with E-state index in [-0.39, 0.29) is 5.91 Å². The second kappa shape index (κ2) is 6.63. The van der Waals surface area contributed by atoms with Gasteiger partial charge in [-0.15, -0.1) is 0 Å². The largest absolute Gasteiger partial charge is 0.337 e. The second-order valence-electron chi connectivity index (χ2n) is 3.64. The van der Waals surface area contributed by atoms with Gasteiger partial charge in [0.2, 0.25) is 0 Å². The van der Waals surface area contributed by atoms with E-state index in [2.05, 4.69) is 34.8 Å². The second-order valence-corrected chi connectivity index (χ2v) is 4.45. The Labute approximate surface area is 105 Å². The van der Waals surface area contributed by atoms with Crippen molar-refractivity contribution in [2.24, 2.45) is 0 Å². The number of nitrogens with zero attached hydrogens (tertiary/aromatic N) is 2. The average Bonchev–Trinajstić information content (AvgIpc) is 2.28. The fraction of sp³-hybridized carbons (Fsp3) is 0.500. The van der Waals surface area contributed by atoms with Crippen LogP contribution in [0.4, 0.5) is 0 Å². The van der Waals surface area contributed by atoms with E-state index in [0.717, 1.165) is 25.9 Å². The number of halogens is 1. The summed E-state index contributed by atoms with van der Waals surface area (Å²) < 4.78 is 0.700. The SMILES string of the molecule is CCCN(CCC)C(=O)c1cccc(Br)n1. The topological polar surface area (TPSA) is 33.2 Å². The third-order valence-electron chi connectivity index (χ3n) is 2.21. The Balaban J connectivity index is 2.81. The van der Waals surface area contributed by atoms with Crippen molar-refractivity contribution in [2.75, 3.05) is 13.1 Å². The van der Waals surface area contributed by atoms with E-state index in [4.69, 9.17) is 0 Å². The first-order valence-electron chi connectivity index (χ1n) is 5.60. The minimum absolute atomic E-state index is 0.0185. The minimum Gasteiger partial charge on any atom is -0.337 e. The number of rotatable bonds is 5. The van der Waals surface area contributed by atoms with Gasteiger partial charge in [-0.25, -0.2) is 4.98 Å². The van der Waals surface area contributed by atoms with Crippen molar-refractivity contribution in [3.8, 4) is 0 Å². The number of carbonyl (C=O) groups excluding carboxylic acids is 1. The van der Waals surface area contributed by atoms with Gasteiger partial charge in [0.1, 0.15) is 10.3 Å². The maximum Gasteiger partial charge on any atom is 0.272 e. The van der Waals surface area contributed by atoms with Crippen molar-refractivity contribution in [3.05, 3.63) is 28.5 Å². The molecule has 1 rings (SSSR count). The van der Waals surface area contributed by atoms with Crippen molar-refractivity contribution in [2.45, 2.75) is 26.7 Å². The van der Waals surface area contributed by atoms with E-state index in [1.165, 1.54) is 0 Å². The van der Waals surface area contributed by atoms with Crippen LogP contribution in [0.3, 0.4) is 0 Å². The Morgan fingerprint density at radius 3 is 2.44 bits per heavy atom. The van der Waals surface area contributed by atoms with E-state index in [0.29, 0.717) is 10.3 Å². The predicted octanol–water partition coefficient (Wildman–Crippen LogP) is 3.11. The van der Waals surface area contributed by atoms with Crippen LogP contribution in [0.5, 0.6) is 0 Å². The molecule has 0 spiro atoms. The van der Waals surface area contributed by atoms with E-state index in [1.54, 1.807) is 6.07 Å². The molecule has 0 saturated carbocycles. The van der Waals surface area contributed by atoms with Gasteiger partial charge < -0.3 is 4.90 Å². The molecule has 0 aromatic carbocycles. The first kappa shape index (κ1) is 13.2. The van der Waals surface area contributed by atoms with Gasteiger partial charge in [0.05, 0.1) is 0 Å². The number of carbonyl (C=O) groups is 1. The molecule has 0 fully saturated rings. The lowest BCUT2D eigenvalue weighted by molar-refractivity contribution is 0.0749. The molecule has 0 aliphatic heterocycles. The van der Waals surface area contributed by atoms with Crippen molar-refractivity contribution < 1.29 is 4.79 Å². The summed E-state index contributed by atoms with van der Waals surface area (Å²) in [6, 6.07) is 5.41. The standard InChI is InChI=1S/C12H17BrN2O/c1-3-8-15(9-4-2)12(16)10-6-5-7-11(13)14-10/h5-7H,3-4,8-9H2,1-2H3. The fourth-order valence-electron chi connectivity index (χ4n) is 1.54. The van der Waals surface area contributed by atoms with Crippen molar-refractivity contribution in [3.63, 3.8) is 0 Å². The highest BCUT2D eigenvalue weighted by Crippen LogP contribution is 2.09. The lowest BCUT2D eigenvalue weighted by atomic mass is 10.3. The number of pyridine rings is 1. The Kier molecular flexibility index (Phi) is 5.46. The van der Waals surface area contributed by atoms with Gasteiger partial charge in [0.15, 0.2) is 0 Å². The monoisotopic (exact) mass is 284 g/mol. The van der Waals surface area contributed by atoms with Crippen molar-refractivity contribution in [1.82, 2.24) is 9.88 Å². The van der Waals surface area contributed by atoms with Crippen molar-refractivity contribution in [1.29, 1.82) is 0 Å². The van der Waals surface area contributed by atoms with Crippen LogP contribution in [0.2, 0.25) is 0 Å². The highest BCUT2D eigenvalue weighted by molar-refractivity contribution is 9.10. The number of amides is 1. The normalized spacial score (nSPS) is 10.2. The molecule has 0 bridgehead atoms. The lowest BCUT2D eigenvalue weighted by Gasteiger charge is -2.20. The molecule has 0 saturated heterocycles. The number of aromatic nitrogens is 1. The molecular formula is C12H17BrN2O. The zero-order chi connectivity index (χ0) is 12.0. The average molecular weight is 285 g/mol. The molecule has 0 unspecified atom stereocenters. The Morgan fingerprint density at radius 2 is 1.94 bits per heavy atom. The van der Waals surface area contributed by atoms with Crippen LogP contribution in [0.1, 0.15) is 37.2 Å². The van der Waals surface area contributed by atoms with E-state index in [9.17, 15) is 4.79 Å². The fourth-order valence-corrected chi connectivity index (χ4v) is 1.89. The van der Waals surface area contributed by atoms with Crippen LogP contribution in [0.25, 0.3) is 0 Å². The molecule has 1 amide bonds.